The highest BCUT2D eigenvalue weighted by atomic mass is 16.2. The Labute approximate surface area is 140 Å². The Morgan fingerprint density at radius 3 is 2.35 bits per heavy atom. The van der Waals surface area contributed by atoms with Gasteiger partial charge >= 0.3 is 6.03 Å². The molecule has 1 aliphatic carbocycles. The fourth-order valence-electron chi connectivity index (χ4n) is 3.39. The molecular formula is C19H31N3O. The number of carbonyl (C=O) groups excluding carboxylic acids is 1. The Morgan fingerprint density at radius 1 is 1.09 bits per heavy atom. The molecule has 0 saturated heterocycles. The summed E-state index contributed by atoms with van der Waals surface area (Å²) in [5.41, 5.74) is 2.04. The van der Waals surface area contributed by atoms with Crippen LogP contribution in [0.5, 0.6) is 0 Å². The van der Waals surface area contributed by atoms with Crippen LogP contribution in [0.1, 0.15) is 52.4 Å². The molecule has 2 N–H and O–H groups in total. The predicted octanol–water partition coefficient (Wildman–Crippen LogP) is 4.62. The van der Waals surface area contributed by atoms with Crippen molar-refractivity contribution in [3.05, 3.63) is 24.3 Å². The second-order valence-corrected chi connectivity index (χ2v) is 6.39. The van der Waals surface area contributed by atoms with Crippen molar-refractivity contribution in [1.82, 2.24) is 5.32 Å². The van der Waals surface area contributed by atoms with Gasteiger partial charge in [0, 0.05) is 31.0 Å². The number of hydrogen-bond donors (Lipinski definition) is 2. The van der Waals surface area contributed by atoms with Crippen LogP contribution in [0.2, 0.25) is 0 Å². The van der Waals surface area contributed by atoms with Crippen molar-refractivity contribution in [2.45, 2.75) is 52.4 Å². The normalized spacial score (nSPS) is 15.2. The maximum absolute atomic E-state index is 12.0. The first kappa shape index (κ1) is 17.6. The van der Waals surface area contributed by atoms with Gasteiger partial charge in [-0.05, 0) is 50.5 Å². The van der Waals surface area contributed by atoms with Crippen LogP contribution in [0.3, 0.4) is 0 Å². The zero-order valence-electron chi connectivity index (χ0n) is 14.6. The molecule has 1 aromatic rings. The van der Waals surface area contributed by atoms with Crippen molar-refractivity contribution in [2.24, 2.45) is 5.92 Å². The first-order valence-corrected chi connectivity index (χ1v) is 9.12. The van der Waals surface area contributed by atoms with Crippen molar-refractivity contribution >= 4 is 17.4 Å². The van der Waals surface area contributed by atoms with E-state index >= 15 is 0 Å². The number of nitrogens with one attached hydrogen (secondary N) is 2. The highest BCUT2D eigenvalue weighted by molar-refractivity contribution is 5.89. The second-order valence-electron chi connectivity index (χ2n) is 6.39. The summed E-state index contributed by atoms with van der Waals surface area (Å²) in [5.74, 6) is 0.803. The molecule has 1 saturated carbocycles. The van der Waals surface area contributed by atoms with E-state index in [1.54, 1.807) is 0 Å². The molecule has 1 fully saturated rings. The van der Waals surface area contributed by atoms with E-state index in [-0.39, 0.29) is 6.03 Å². The van der Waals surface area contributed by atoms with Crippen LogP contribution in [0.4, 0.5) is 16.2 Å². The van der Waals surface area contributed by atoms with E-state index in [0.29, 0.717) is 0 Å². The lowest BCUT2D eigenvalue weighted by molar-refractivity contribution is 0.250. The van der Waals surface area contributed by atoms with Gasteiger partial charge < -0.3 is 15.5 Å². The molecule has 0 unspecified atom stereocenters. The number of anilines is 2. The Balaban J connectivity index is 1.72. The molecule has 0 spiro atoms. The molecule has 0 heterocycles. The van der Waals surface area contributed by atoms with Crippen LogP contribution >= 0.6 is 0 Å². The summed E-state index contributed by atoms with van der Waals surface area (Å²) in [6.45, 7) is 7.05. The lowest BCUT2D eigenvalue weighted by Gasteiger charge is -2.22. The molecule has 1 aromatic carbocycles. The van der Waals surface area contributed by atoms with Gasteiger partial charge in [0.25, 0.3) is 0 Å². The Morgan fingerprint density at radius 2 is 1.74 bits per heavy atom. The minimum atomic E-state index is -0.101. The lowest BCUT2D eigenvalue weighted by Crippen LogP contribution is -2.30. The minimum absolute atomic E-state index is 0.101. The molecule has 4 nitrogen and oxygen atoms in total. The zero-order valence-corrected chi connectivity index (χ0v) is 14.6. The van der Waals surface area contributed by atoms with Crippen molar-refractivity contribution in [2.75, 3.05) is 29.9 Å². The molecule has 0 aliphatic heterocycles. The highest BCUT2D eigenvalue weighted by Crippen LogP contribution is 2.25. The summed E-state index contributed by atoms with van der Waals surface area (Å²) in [6, 6.07) is 7.95. The summed E-state index contributed by atoms with van der Waals surface area (Å²) in [5, 5.41) is 5.89. The van der Waals surface area contributed by atoms with Crippen LogP contribution < -0.4 is 15.5 Å². The standard InChI is InChI=1S/C19H31N3O/c1-3-22(4-2)18-12-10-17(11-13-18)21-19(23)20-15-14-16-8-6-5-7-9-16/h10-13,16H,3-9,14-15H2,1-2H3,(H2,20,21,23). The molecular weight excluding hydrogens is 286 g/mol. The average Bonchev–Trinajstić information content (AvgIpc) is 2.58. The van der Waals surface area contributed by atoms with E-state index in [4.69, 9.17) is 0 Å². The van der Waals surface area contributed by atoms with E-state index in [1.807, 2.05) is 12.1 Å². The molecule has 0 bridgehead atoms. The summed E-state index contributed by atoms with van der Waals surface area (Å²) in [4.78, 5) is 14.2. The van der Waals surface area contributed by atoms with Gasteiger partial charge in [0.05, 0.1) is 0 Å². The van der Waals surface area contributed by atoms with E-state index in [2.05, 4.69) is 41.5 Å². The molecule has 23 heavy (non-hydrogen) atoms. The SMILES string of the molecule is CCN(CC)c1ccc(NC(=O)NCCC2CCCCC2)cc1. The highest BCUT2D eigenvalue weighted by Gasteiger charge is 2.13. The summed E-state index contributed by atoms with van der Waals surface area (Å²) in [7, 11) is 0. The molecule has 2 rings (SSSR count). The number of carbonyl (C=O) groups is 1. The van der Waals surface area contributed by atoms with Crippen LogP contribution in [0, 0.1) is 5.92 Å². The number of hydrogen-bond acceptors (Lipinski definition) is 2. The topological polar surface area (TPSA) is 44.4 Å². The molecule has 0 atom stereocenters. The third-order valence-electron chi connectivity index (χ3n) is 4.82. The second kappa shape index (κ2) is 9.43. The van der Waals surface area contributed by atoms with Crippen LogP contribution in [0.15, 0.2) is 24.3 Å². The van der Waals surface area contributed by atoms with Crippen molar-refractivity contribution < 1.29 is 4.79 Å². The number of urea groups is 1. The predicted molar refractivity (Wildman–Crippen MR) is 98.2 cm³/mol. The third kappa shape index (κ3) is 5.77. The van der Waals surface area contributed by atoms with Gasteiger partial charge in [0.15, 0.2) is 0 Å². The first-order chi connectivity index (χ1) is 11.2. The number of benzene rings is 1. The summed E-state index contributed by atoms with van der Waals surface area (Å²) in [6.07, 6.45) is 7.86. The van der Waals surface area contributed by atoms with Gasteiger partial charge in [-0.15, -0.1) is 0 Å². The minimum Gasteiger partial charge on any atom is -0.372 e. The number of amides is 2. The van der Waals surface area contributed by atoms with Gasteiger partial charge in [-0.3, -0.25) is 0 Å². The van der Waals surface area contributed by atoms with E-state index in [9.17, 15) is 4.79 Å². The van der Waals surface area contributed by atoms with Gasteiger partial charge in [0.1, 0.15) is 0 Å². The Kier molecular flexibility index (Phi) is 7.24. The van der Waals surface area contributed by atoms with Crippen LogP contribution in [-0.2, 0) is 0 Å². The first-order valence-electron chi connectivity index (χ1n) is 9.12. The van der Waals surface area contributed by atoms with Crippen LogP contribution in [0.25, 0.3) is 0 Å². The number of nitrogens with zero attached hydrogens (tertiary/aromatic N) is 1. The quantitative estimate of drug-likeness (QED) is 0.770. The van der Waals surface area contributed by atoms with E-state index < -0.39 is 0 Å². The fraction of sp³-hybridized carbons (Fsp3) is 0.632. The van der Waals surface area contributed by atoms with Crippen LogP contribution in [-0.4, -0.2) is 25.7 Å². The molecule has 128 valence electrons. The third-order valence-corrected chi connectivity index (χ3v) is 4.82. The Bertz CT molecular complexity index is 462. The smallest absolute Gasteiger partial charge is 0.319 e. The zero-order chi connectivity index (χ0) is 16.5. The van der Waals surface area contributed by atoms with E-state index in [1.165, 1.54) is 37.8 Å². The average molecular weight is 317 g/mol. The van der Waals surface area contributed by atoms with Crippen molar-refractivity contribution in [3.8, 4) is 0 Å². The van der Waals surface area contributed by atoms with Gasteiger partial charge in [0.2, 0.25) is 0 Å². The fourth-order valence-corrected chi connectivity index (χ4v) is 3.39. The van der Waals surface area contributed by atoms with Gasteiger partial charge in [-0.25, -0.2) is 4.79 Å². The van der Waals surface area contributed by atoms with Gasteiger partial charge in [-0.2, -0.15) is 0 Å². The molecule has 0 aromatic heterocycles. The van der Waals surface area contributed by atoms with Gasteiger partial charge in [-0.1, -0.05) is 32.1 Å². The summed E-state index contributed by atoms with van der Waals surface area (Å²) >= 11 is 0. The van der Waals surface area contributed by atoms with Crippen molar-refractivity contribution in [1.29, 1.82) is 0 Å². The summed E-state index contributed by atoms with van der Waals surface area (Å²) < 4.78 is 0. The molecule has 2 amide bonds. The molecule has 0 radical (unpaired) electrons. The molecule has 1 aliphatic rings. The lowest BCUT2D eigenvalue weighted by atomic mass is 9.87. The maximum atomic E-state index is 12.0. The Hall–Kier alpha value is -1.71. The largest absolute Gasteiger partial charge is 0.372 e. The molecule has 4 heteroatoms. The number of rotatable bonds is 7. The monoisotopic (exact) mass is 317 g/mol. The van der Waals surface area contributed by atoms with Crippen molar-refractivity contribution in [3.63, 3.8) is 0 Å². The van der Waals surface area contributed by atoms with E-state index in [0.717, 1.165) is 37.7 Å². The maximum Gasteiger partial charge on any atom is 0.319 e.